The Kier molecular flexibility index (Phi) is 4.15. The van der Waals surface area contributed by atoms with Gasteiger partial charge in [0.15, 0.2) is 6.61 Å². The molecule has 0 aliphatic carbocycles. The molecule has 0 saturated heterocycles. The van der Waals surface area contributed by atoms with Crippen LogP contribution < -0.4 is 21.1 Å². The lowest BCUT2D eigenvalue weighted by atomic mass is 10.0. The van der Waals surface area contributed by atoms with Crippen LogP contribution in [0.3, 0.4) is 0 Å². The van der Waals surface area contributed by atoms with E-state index in [0.717, 1.165) is 0 Å². The summed E-state index contributed by atoms with van der Waals surface area (Å²) in [4.78, 5) is 23.2. The fraction of sp³-hybridized carbons (Fsp3) is 0.385. The van der Waals surface area contributed by atoms with Crippen LogP contribution in [0.15, 0.2) is 12.1 Å². The van der Waals surface area contributed by atoms with E-state index < -0.39 is 0 Å². The van der Waals surface area contributed by atoms with Gasteiger partial charge in [-0.15, -0.1) is 0 Å². The average molecular weight is 298 g/mol. The standard InChI is InChI=1S/C13H16ClN3O3/c1-6(7(2)15)13(19)17-9-4-11-10(3-8(9)14)16-12(18)5-20-11/h3-4,6-7H,5,15H2,1-2H3,(H,16,18)(H,17,19). The van der Waals surface area contributed by atoms with Gasteiger partial charge < -0.3 is 21.1 Å². The second kappa shape index (κ2) is 5.68. The van der Waals surface area contributed by atoms with E-state index in [1.54, 1.807) is 26.0 Å². The second-order valence-electron chi connectivity index (χ2n) is 4.80. The molecule has 1 heterocycles. The zero-order valence-corrected chi connectivity index (χ0v) is 12.0. The third-order valence-corrected chi connectivity index (χ3v) is 3.47. The Labute approximate surface area is 121 Å². The number of nitrogens with one attached hydrogen (secondary N) is 2. The van der Waals surface area contributed by atoms with Crippen molar-refractivity contribution in [2.45, 2.75) is 19.9 Å². The third-order valence-electron chi connectivity index (χ3n) is 3.16. The summed E-state index contributed by atoms with van der Waals surface area (Å²) >= 11 is 6.08. The Morgan fingerprint density at radius 1 is 1.50 bits per heavy atom. The average Bonchev–Trinajstić information content (AvgIpc) is 2.38. The molecular formula is C13H16ClN3O3. The van der Waals surface area contributed by atoms with Gasteiger partial charge in [0.2, 0.25) is 5.91 Å². The summed E-state index contributed by atoms with van der Waals surface area (Å²) in [6, 6.07) is 2.87. The maximum absolute atomic E-state index is 12.0. The fourth-order valence-electron chi connectivity index (χ4n) is 1.68. The molecule has 20 heavy (non-hydrogen) atoms. The van der Waals surface area contributed by atoms with Crippen molar-refractivity contribution in [3.05, 3.63) is 17.2 Å². The van der Waals surface area contributed by atoms with Crippen LogP contribution in [-0.2, 0) is 9.59 Å². The van der Waals surface area contributed by atoms with Crippen LogP contribution in [-0.4, -0.2) is 24.5 Å². The van der Waals surface area contributed by atoms with Gasteiger partial charge in [0, 0.05) is 12.1 Å². The molecule has 0 bridgehead atoms. The third kappa shape index (κ3) is 3.02. The van der Waals surface area contributed by atoms with Crippen molar-refractivity contribution in [3.63, 3.8) is 0 Å². The molecule has 0 radical (unpaired) electrons. The molecule has 108 valence electrons. The van der Waals surface area contributed by atoms with E-state index in [9.17, 15) is 9.59 Å². The van der Waals surface area contributed by atoms with Crippen LogP contribution >= 0.6 is 11.6 Å². The van der Waals surface area contributed by atoms with E-state index in [0.29, 0.717) is 22.1 Å². The van der Waals surface area contributed by atoms with Gasteiger partial charge in [0.25, 0.3) is 5.91 Å². The van der Waals surface area contributed by atoms with E-state index in [1.165, 1.54) is 0 Å². The van der Waals surface area contributed by atoms with Gasteiger partial charge in [-0.1, -0.05) is 18.5 Å². The van der Waals surface area contributed by atoms with Gasteiger partial charge in [-0.2, -0.15) is 0 Å². The molecule has 0 spiro atoms. The summed E-state index contributed by atoms with van der Waals surface area (Å²) < 4.78 is 5.27. The van der Waals surface area contributed by atoms with E-state index >= 15 is 0 Å². The first kappa shape index (κ1) is 14.6. The summed E-state index contributed by atoms with van der Waals surface area (Å²) in [6.45, 7) is 3.44. The number of nitrogens with two attached hydrogens (primary N) is 1. The Bertz CT molecular complexity index is 560. The van der Waals surface area contributed by atoms with Crippen molar-refractivity contribution in [3.8, 4) is 5.75 Å². The van der Waals surface area contributed by atoms with Crippen molar-refractivity contribution in [2.75, 3.05) is 17.2 Å². The predicted molar refractivity (Wildman–Crippen MR) is 77.0 cm³/mol. The molecule has 1 aromatic carbocycles. The van der Waals surface area contributed by atoms with E-state index in [1.807, 2.05) is 0 Å². The number of carbonyl (C=O) groups is 2. The summed E-state index contributed by atoms with van der Waals surface area (Å²) in [7, 11) is 0. The van der Waals surface area contributed by atoms with Crippen LogP contribution in [0.1, 0.15) is 13.8 Å². The highest BCUT2D eigenvalue weighted by Crippen LogP contribution is 2.36. The number of amides is 2. The van der Waals surface area contributed by atoms with Crippen LogP contribution in [0.5, 0.6) is 5.75 Å². The summed E-state index contributed by atoms with van der Waals surface area (Å²) in [5, 5.41) is 5.67. The van der Waals surface area contributed by atoms with Gasteiger partial charge in [0.1, 0.15) is 5.75 Å². The van der Waals surface area contributed by atoms with Gasteiger partial charge in [-0.25, -0.2) is 0 Å². The molecule has 0 fully saturated rings. The second-order valence-corrected chi connectivity index (χ2v) is 5.21. The molecule has 1 aliphatic rings. The van der Waals surface area contributed by atoms with E-state index in [4.69, 9.17) is 22.1 Å². The number of hydrogen-bond acceptors (Lipinski definition) is 4. The zero-order valence-electron chi connectivity index (χ0n) is 11.2. The first-order chi connectivity index (χ1) is 9.38. The maximum atomic E-state index is 12.0. The number of benzene rings is 1. The quantitative estimate of drug-likeness (QED) is 0.790. The van der Waals surface area contributed by atoms with E-state index in [-0.39, 0.29) is 30.4 Å². The molecule has 0 aromatic heterocycles. The Balaban J connectivity index is 2.21. The lowest BCUT2D eigenvalue weighted by Gasteiger charge is -2.21. The molecule has 6 nitrogen and oxygen atoms in total. The maximum Gasteiger partial charge on any atom is 0.262 e. The number of rotatable bonds is 3. The SMILES string of the molecule is CC(N)C(C)C(=O)Nc1cc2c(cc1Cl)NC(=O)CO2. The molecule has 1 aromatic rings. The molecule has 2 rings (SSSR count). The Hall–Kier alpha value is -1.79. The highest BCUT2D eigenvalue weighted by molar-refractivity contribution is 6.34. The number of anilines is 2. The number of ether oxygens (including phenoxy) is 1. The van der Waals surface area contributed by atoms with Gasteiger partial charge in [-0.3, -0.25) is 9.59 Å². The monoisotopic (exact) mass is 297 g/mol. The Morgan fingerprint density at radius 2 is 2.20 bits per heavy atom. The van der Waals surface area contributed by atoms with Crippen LogP contribution in [0.25, 0.3) is 0 Å². The van der Waals surface area contributed by atoms with Crippen LogP contribution in [0, 0.1) is 5.92 Å². The number of hydrogen-bond donors (Lipinski definition) is 3. The minimum absolute atomic E-state index is 0.0573. The lowest BCUT2D eigenvalue weighted by molar-refractivity contribution is -0.120. The summed E-state index contributed by atoms with van der Waals surface area (Å²) in [5.41, 5.74) is 6.61. The lowest BCUT2D eigenvalue weighted by Crippen LogP contribution is -2.34. The summed E-state index contributed by atoms with van der Waals surface area (Å²) in [5.74, 6) is -0.335. The fourth-order valence-corrected chi connectivity index (χ4v) is 1.89. The molecular weight excluding hydrogens is 282 g/mol. The molecule has 4 N–H and O–H groups in total. The molecule has 1 aliphatic heterocycles. The summed E-state index contributed by atoms with van der Waals surface area (Å²) in [6.07, 6.45) is 0. The highest BCUT2D eigenvalue weighted by atomic mass is 35.5. The molecule has 2 atom stereocenters. The van der Waals surface area contributed by atoms with Crippen LogP contribution in [0.2, 0.25) is 5.02 Å². The topological polar surface area (TPSA) is 93.5 Å². The predicted octanol–water partition coefficient (Wildman–Crippen LogP) is 1.59. The minimum atomic E-state index is -0.345. The normalized spacial score (nSPS) is 16.5. The zero-order chi connectivity index (χ0) is 14.9. The number of carbonyl (C=O) groups excluding carboxylic acids is 2. The molecule has 2 amide bonds. The number of fused-ring (bicyclic) bond motifs is 1. The van der Waals surface area contributed by atoms with Crippen molar-refractivity contribution in [1.82, 2.24) is 0 Å². The van der Waals surface area contributed by atoms with Gasteiger partial charge in [-0.05, 0) is 13.0 Å². The smallest absolute Gasteiger partial charge is 0.262 e. The minimum Gasteiger partial charge on any atom is -0.482 e. The van der Waals surface area contributed by atoms with Crippen molar-refractivity contribution >= 4 is 34.8 Å². The molecule has 0 saturated carbocycles. The Morgan fingerprint density at radius 3 is 2.85 bits per heavy atom. The van der Waals surface area contributed by atoms with Crippen molar-refractivity contribution < 1.29 is 14.3 Å². The van der Waals surface area contributed by atoms with Crippen molar-refractivity contribution in [1.29, 1.82) is 0 Å². The van der Waals surface area contributed by atoms with Gasteiger partial charge in [0.05, 0.1) is 22.3 Å². The van der Waals surface area contributed by atoms with Crippen molar-refractivity contribution in [2.24, 2.45) is 11.7 Å². The molecule has 7 heteroatoms. The number of halogens is 1. The highest BCUT2D eigenvalue weighted by Gasteiger charge is 2.21. The van der Waals surface area contributed by atoms with E-state index in [2.05, 4.69) is 10.6 Å². The molecule has 2 unspecified atom stereocenters. The van der Waals surface area contributed by atoms with Gasteiger partial charge >= 0.3 is 0 Å². The van der Waals surface area contributed by atoms with Crippen LogP contribution in [0.4, 0.5) is 11.4 Å². The largest absolute Gasteiger partial charge is 0.482 e. The first-order valence-corrected chi connectivity index (χ1v) is 6.59. The first-order valence-electron chi connectivity index (χ1n) is 6.21.